The van der Waals surface area contributed by atoms with Gasteiger partial charge in [0.05, 0.1) is 11.0 Å². The molecule has 0 aliphatic carbocycles. The van der Waals surface area contributed by atoms with Crippen LogP contribution in [0.25, 0.3) is 44.1 Å². The minimum Gasteiger partial charge on any atom is -0.254 e. The van der Waals surface area contributed by atoms with Gasteiger partial charge in [0.2, 0.25) is 0 Å². The van der Waals surface area contributed by atoms with Crippen LogP contribution in [0.2, 0.25) is 0 Å². The van der Waals surface area contributed by atoms with E-state index >= 15 is 0 Å². The molecule has 0 bridgehead atoms. The minimum atomic E-state index is 0.923. The smallest absolute Gasteiger partial charge is 0.0970 e. The SMILES string of the molecule is Brc1cccc(-c2ccnc3c2ccc2c(-c4cccc(Br)c4)ccnc23)c1. The molecule has 2 aromatic heterocycles. The summed E-state index contributed by atoms with van der Waals surface area (Å²) in [5.74, 6) is 0. The monoisotopic (exact) mass is 488 g/mol. The summed E-state index contributed by atoms with van der Waals surface area (Å²) in [4.78, 5) is 9.37. The van der Waals surface area contributed by atoms with E-state index in [1.54, 1.807) is 0 Å². The van der Waals surface area contributed by atoms with Crippen LogP contribution in [0.4, 0.5) is 0 Å². The maximum atomic E-state index is 4.69. The number of nitrogens with zero attached hydrogens (tertiary/aromatic N) is 2. The fourth-order valence-electron chi connectivity index (χ4n) is 3.64. The van der Waals surface area contributed by atoms with Crippen LogP contribution in [-0.4, -0.2) is 9.97 Å². The molecule has 0 amide bonds. The minimum absolute atomic E-state index is 0.923. The Balaban J connectivity index is 1.80. The molecule has 134 valence electrons. The van der Waals surface area contributed by atoms with Crippen molar-refractivity contribution in [2.45, 2.75) is 0 Å². The van der Waals surface area contributed by atoms with Crippen molar-refractivity contribution in [3.05, 3.63) is 94.1 Å². The highest BCUT2D eigenvalue weighted by molar-refractivity contribution is 9.10. The first-order valence-electron chi connectivity index (χ1n) is 8.89. The molecule has 0 N–H and O–H groups in total. The predicted molar refractivity (Wildman–Crippen MR) is 123 cm³/mol. The Labute approximate surface area is 179 Å². The van der Waals surface area contributed by atoms with E-state index in [9.17, 15) is 0 Å². The average Bonchev–Trinajstić information content (AvgIpc) is 2.72. The molecule has 2 nitrogen and oxygen atoms in total. The largest absolute Gasteiger partial charge is 0.254 e. The van der Waals surface area contributed by atoms with Gasteiger partial charge in [0, 0.05) is 32.1 Å². The van der Waals surface area contributed by atoms with Gasteiger partial charge in [-0.1, -0.05) is 68.3 Å². The van der Waals surface area contributed by atoms with Gasteiger partial charge in [0.15, 0.2) is 0 Å². The van der Waals surface area contributed by atoms with Gasteiger partial charge in [-0.3, -0.25) is 9.97 Å². The summed E-state index contributed by atoms with van der Waals surface area (Å²) >= 11 is 7.15. The lowest BCUT2D eigenvalue weighted by atomic mass is 9.96. The number of benzene rings is 3. The molecular formula is C24H14Br2N2. The summed E-state index contributed by atoms with van der Waals surface area (Å²) in [6.45, 7) is 0. The predicted octanol–water partition coefficient (Wildman–Crippen LogP) is 7.64. The van der Waals surface area contributed by atoms with Crippen LogP contribution in [0.15, 0.2) is 94.1 Å². The molecule has 4 heteroatoms. The van der Waals surface area contributed by atoms with Crippen LogP contribution >= 0.6 is 31.9 Å². The number of fused-ring (bicyclic) bond motifs is 3. The molecule has 2 heterocycles. The van der Waals surface area contributed by atoms with Crippen LogP contribution in [-0.2, 0) is 0 Å². The lowest BCUT2D eigenvalue weighted by molar-refractivity contribution is 1.37. The van der Waals surface area contributed by atoms with Gasteiger partial charge in [-0.05, 0) is 58.7 Å². The van der Waals surface area contributed by atoms with Crippen molar-refractivity contribution >= 4 is 53.7 Å². The quantitative estimate of drug-likeness (QED) is 0.238. The zero-order chi connectivity index (χ0) is 19.1. The second-order valence-corrected chi connectivity index (χ2v) is 8.43. The normalized spacial score (nSPS) is 11.2. The highest BCUT2D eigenvalue weighted by Gasteiger charge is 2.12. The summed E-state index contributed by atoms with van der Waals surface area (Å²) in [6.07, 6.45) is 3.73. The third kappa shape index (κ3) is 3.03. The number of hydrogen-bond donors (Lipinski definition) is 0. The summed E-state index contributed by atoms with van der Waals surface area (Å²) in [5, 5.41) is 2.21. The van der Waals surface area contributed by atoms with Gasteiger partial charge in [0.1, 0.15) is 0 Å². The standard InChI is InChI=1S/C24H14Br2N2/c25-17-5-1-3-15(13-17)19-9-11-27-23-21(19)7-8-22-20(10-12-28-24(22)23)16-4-2-6-18(26)14-16/h1-14H. The number of aromatic nitrogens is 2. The van der Waals surface area contributed by atoms with Crippen LogP contribution in [0.3, 0.4) is 0 Å². The molecule has 0 aliphatic rings. The molecule has 5 aromatic rings. The molecule has 5 rings (SSSR count). The second kappa shape index (κ2) is 7.12. The lowest BCUT2D eigenvalue weighted by Gasteiger charge is -2.11. The fraction of sp³-hybridized carbons (Fsp3) is 0. The Morgan fingerprint density at radius 3 is 1.43 bits per heavy atom. The highest BCUT2D eigenvalue weighted by atomic mass is 79.9. The van der Waals surface area contributed by atoms with Crippen molar-refractivity contribution in [2.75, 3.05) is 0 Å². The van der Waals surface area contributed by atoms with Gasteiger partial charge in [-0.15, -0.1) is 0 Å². The van der Waals surface area contributed by atoms with Gasteiger partial charge < -0.3 is 0 Å². The van der Waals surface area contributed by atoms with Crippen LogP contribution in [0.5, 0.6) is 0 Å². The third-order valence-electron chi connectivity index (χ3n) is 4.89. The summed E-state index contributed by atoms with van der Waals surface area (Å²) in [7, 11) is 0. The molecule has 0 aliphatic heterocycles. The highest BCUT2D eigenvalue weighted by Crippen LogP contribution is 2.35. The van der Waals surface area contributed by atoms with Gasteiger partial charge >= 0.3 is 0 Å². The summed E-state index contributed by atoms with van der Waals surface area (Å²) in [6, 6.07) is 25.1. The van der Waals surface area contributed by atoms with Crippen molar-refractivity contribution in [2.24, 2.45) is 0 Å². The molecule has 0 fully saturated rings. The molecular weight excluding hydrogens is 476 g/mol. The van der Waals surface area contributed by atoms with Crippen molar-refractivity contribution in [3.8, 4) is 22.3 Å². The third-order valence-corrected chi connectivity index (χ3v) is 5.88. The summed E-state index contributed by atoms with van der Waals surface area (Å²) in [5.41, 5.74) is 6.47. The van der Waals surface area contributed by atoms with Gasteiger partial charge in [0.25, 0.3) is 0 Å². The summed E-state index contributed by atoms with van der Waals surface area (Å²) < 4.78 is 2.12. The van der Waals surface area contributed by atoms with Crippen molar-refractivity contribution in [1.29, 1.82) is 0 Å². The van der Waals surface area contributed by atoms with E-state index in [2.05, 4.69) is 102 Å². The molecule has 0 atom stereocenters. The Morgan fingerprint density at radius 1 is 0.536 bits per heavy atom. The first kappa shape index (κ1) is 17.5. The topological polar surface area (TPSA) is 25.8 Å². The first-order valence-corrected chi connectivity index (χ1v) is 10.5. The molecule has 0 saturated carbocycles. The molecule has 0 unspecified atom stereocenters. The molecule has 28 heavy (non-hydrogen) atoms. The Bertz CT molecular complexity index is 1240. The van der Waals surface area contributed by atoms with E-state index in [0.29, 0.717) is 0 Å². The van der Waals surface area contributed by atoms with E-state index < -0.39 is 0 Å². The average molecular weight is 490 g/mol. The molecule has 3 aromatic carbocycles. The van der Waals surface area contributed by atoms with Crippen LogP contribution < -0.4 is 0 Å². The molecule has 0 saturated heterocycles. The number of pyridine rings is 2. The van der Waals surface area contributed by atoms with Crippen molar-refractivity contribution in [1.82, 2.24) is 9.97 Å². The zero-order valence-electron chi connectivity index (χ0n) is 14.7. The Morgan fingerprint density at radius 2 is 1.00 bits per heavy atom. The van der Waals surface area contributed by atoms with Gasteiger partial charge in [-0.25, -0.2) is 0 Å². The van der Waals surface area contributed by atoms with E-state index in [0.717, 1.165) is 53.0 Å². The van der Waals surface area contributed by atoms with Crippen LogP contribution in [0, 0.1) is 0 Å². The number of rotatable bonds is 2. The maximum absolute atomic E-state index is 4.69. The van der Waals surface area contributed by atoms with E-state index in [-0.39, 0.29) is 0 Å². The van der Waals surface area contributed by atoms with E-state index in [1.165, 1.54) is 0 Å². The lowest BCUT2D eigenvalue weighted by Crippen LogP contribution is -1.90. The maximum Gasteiger partial charge on any atom is 0.0970 e. The number of hydrogen-bond acceptors (Lipinski definition) is 2. The second-order valence-electron chi connectivity index (χ2n) is 6.60. The zero-order valence-corrected chi connectivity index (χ0v) is 17.9. The van der Waals surface area contributed by atoms with Crippen LogP contribution in [0.1, 0.15) is 0 Å². The molecule has 0 spiro atoms. The Hall–Kier alpha value is -2.56. The van der Waals surface area contributed by atoms with E-state index in [4.69, 9.17) is 0 Å². The molecule has 0 radical (unpaired) electrons. The van der Waals surface area contributed by atoms with Crippen molar-refractivity contribution in [3.63, 3.8) is 0 Å². The Kier molecular flexibility index (Phi) is 4.46. The van der Waals surface area contributed by atoms with E-state index in [1.807, 2.05) is 24.5 Å². The number of halogens is 2. The fourth-order valence-corrected chi connectivity index (χ4v) is 4.44. The van der Waals surface area contributed by atoms with Gasteiger partial charge in [-0.2, -0.15) is 0 Å². The van der Waals surface area contributed by atoms with Crippen molar-refractivity contribution < 1.29 is 0 Å². The first-order chi connectivity index (χ1) is 13.7.